The van der Waals surface area contributed by atoms with Gasteiger partial charge in [0.05, 0.1) is 6.54 Å². The molecule has 1 nitrogen and oxygen atoms in total. The van der Waals surface area contributed by atoms with Gasteiger partial charge in [0.25, 0.3) is 5.92 Å². The Morgan fingerprint density at radius 1 is 1.06 bits per heavy atom. The molecule has 3 heteroatoms. The molecule has 0 saturated carbocycles. The Kier molecular flexibility index (Phi) is 3.63. The van der Waals surface area contributed by atoms with Gasteiger partial charge in [-0.2, -0.15) is 8.78 Å². The first kappa shape index (κ1) is 14.1. The molecular weight excluding hydrogens is 220 g/mol. The summed E-state index contributed by atoms with van der Waals surface area (Å²) in [6.45, 7) is 9.01. The van der Waals surface area contributed by atoms with Gasteiger partial charge in [-0.25, -0.2) is 0 Å². The van der Waals surface area contributed by atoms with Crippen LogP contribution in [0.3, 0.4) is 0 Å². The number of nitrogens with two attached hydrogens (primary N) is 1. The molecule has 2 N–H and O–H groups in total. The Morgan fingerprint density at radius 2 is 1.47 bits per heavy atom. The second kappa shape index (κ2) is 4.37. The molecule has 1 aromatic rings. The predicted octanol–water partition coefficient (Wildman–Crippen LogP) is 3.65. The fourth-order valence-electron chi connectivity index (χ4n) is 2.08. The average molecular weight is 241 g/mol. The molecule has 0 unspecified atom stereocenters. The van der Waals surface area contributed by atoms with E-state index in [1.807, 2.05) is 12.1 Å². The van der Waals surface area contributed by atoms with Gasteiger partial charge in [0.1, 0.15) is 0 Å². The van der Waals surface area contributed by atoms with E-state index in [0.29, 0.717) is 11.1 Å². The molecule has 1 aromatic carbocycles. The monoisotopic (exact) mass is 241 g/mol. The maximum absolute atomic E-state index is 13.7. The number of benzene rings is 1. The Labute approximate surface area is 102 Å². The maximum Gasteiger partial charge on any atom is 0.285 e. The van der Waals surface area contributed by atoms with Crippen LogP contribution in [0.15, 0.2) is 12.1 Å². The molecule has 0 aromatic heterocycles. The Bertz CT molecular complexity index is 394. The third-order valence-corrected chi connectivity index (χ3v) is 3.02. The van der Waals surface area contributed by atoms with Crippen LogP contribution < -0.4 is 5.73 Å². The topological polar surface area (TPSA) is 26.0 Å². The van der Waals surface area contributed by atoms with Crippen molar-refractivity contribution in [2.45, 2.75) is 46.0 Å². The highest BCUT2D eigenvalue weighted by Crippen LogP contribution is 2.35. The first-order valence-electron chi connectivity index (χ1n) is 5.79. The molecule has 0 aliphatic carbocycles. The minimum atomic E-state index is -2.94. The highest BCUT2D eigenvalue weighted by atomic mass is 19.3. The summed E-state index contributed by atoms with van der Waals surface area (Å²) in [4.78, 5) is 0. The van der Waals surface area contributed by atoms with E-state index in [2.05, 4.69) is 20.8 Å². The largest absolute Gasteiger partial charge is 0.325 e. The van der Waals surface area contributed by atoms with E-state index in [4.69, 9.17) is 5.73 Å². The fraction of sp³-hybridized carbons (Fsp3) is 0.571. The summed E-state index contributed by atoms with van der Waals surface area (Å²) in [6, 6.07) is 3.68. The maximum atomic E-state index is 13.7. The van der Waals surface area contributed by atoms with E-state index in [0.717, 1.165) is 5.56 Å². The number of hydrogen-bond donors (Lipinski definition) is 1. The molecule has 1 rings (SSSR count). The Hall–Kier alpha value is -0.960. The standard InChI is InChI=1S/C14H21F2N/c1-9-6-11(13(3,4)5)7-10(2)12(9)14(15,16)8-17/h6-7H,8,17H2,1-5H3. The van der Waals surface area contributed by atoms with Crippen LogP contribution in [0.2, 0.25) is 0 Å². The van der Waals surface area contributed by atoms with E-state index >= 15 is 0 Å². The zero-order valence-corrected chi connectivity index (χ0v) is 11.2. The van der Waals surface area contributed by atoms with Crippen LogP contribution in [0.25, 0.3) is 0 Å². The van der Waals surface area contributed by atoms with Crippen molar-refractivity contribution < 1.29 is 8.78 Å². The van der Waals surface area contributed by atoms with Crippen LogP contribution in [0.1, 0.15) is 43.0 Å². The molecule has 0 aliphatic rings. The zero-order valence-electron chi connectivity index (χ0n) is 11.2. The molecule has 17 heavy (non-hydrogen) atoms. The van der Waals surface area contributed by atoms with Crippen molar-refractivity contribution in [2.75, 3.05) is 6.54 Å². The van der Waals surface area contributed by atoms with E-state index in [-0.39, 0.29) is 11.0 Å². The molecule has 0 radical (unpaired) electrons. The van der Waals surface area contributed by atoms with Crippen molar-refractivity contribution >= 4 is 0 Å². The normalized spacial score (nSPS) is 12.9. The minimum absolute atomic E-state index is 0.0357. The van der Waals surface area contributed by atoms with Gasteiger partial charge in [0.2, 0.25) is 0 Å². The second-order valence-corrected chi connectivity index (χ2v) is 5.64. The van der Waals surface area contributed by atoms with Crippen molar-refractivity contribution in [3.05, 3.63) is 34.4 Å². The van der Waals surface area contributed by atoms with Gasteiger partial charge in [0.15, 0.2) is 0 Å². The number of rotatable bonds is 2. The van der Waals surface area contributed by atoms with Crippen LogP contribution in [0.4, 0.5) is 8.78 Å². The molecule has 0 fully saturated rings. The molecule has 0 amide bonds. The smallest absolute Gasteiger partial charge is 0.285 e. The molecule has 0 bridgehead atoms. The van der Waals surface area contributed by atoms with Crippen molar-refractivity contribution in [3.8, 4) is 0 Å². The van der Waals surface area contributed by atoms with Gasteiger partial charge in [-0.1, -0.05) is 32.9 Å². The number of halogens is 2. The SMILES string of the molecule is Cc1cc(C(C)(C)C)cc(C)c1C(F)(F)CN. The van der Waals surface area contributed by atoms with Gasteiger partial charge < -0.3 is 5.73 Å². The lowest BCUT2D eigenvalue weighted by molar-refractivity contribution is 0.00466. The third-order valence-electron chi connectivity index (χ3n) is 3.02. The summed E-state index contributed by atoms with van der Waals surface area (Å²) in [5, 5.41) is 0. The van der Waals surface area contributed by atoms with E-state index < -0.39 is 12.5 Å². The van der Waals surface area contributed by atoms with Crippen LogP contribution in [-0.2, 0) is 11.3 Å². The summed E-state index contributed by atoms with van der Waals surface area (Å²) in [7, 11) is 0. The summed E-state index contributed by atoms with van der Waals surface area (Å²) < 4.78 is 27.4. The average Bonchev–Trinajstić information content (AvgIpc) is 2.14. The molecule has 0 heterocycles. The molecule has 0 spiro atoms. The predicted molar refractivity (Wildman–Crippen MR) is 67.6 cm³/mol. The quantitative estimate of drug-likeness (QED) is 0.840. The lowest BCUT2D eigenvalue weighted by atomic mass is 9.83. The first-order chi connectivity index (χ1) is 7.59. The Balaban J connectivity index is 3.40. The summed E-state index contributed by atoms with van der Waals surface area (Å²) >= 11 is 0. The molecule has 0 atom stereocenters. The van der Waals surface area contributed by atoms with Gasteiger partial charge in [-0.15, -0.1) is 0 Å². The van der Waals surface area contributed by atoms with E-state index in [1.165, 1.54) is 0 Å². The van der Waals surface area contributed by atoms with Crippen molar-refractivity contribution in [1.29, 1.82) is 0 Å². The van der Waals surface area contributed by atoms with Crippen LogP contribution in [0.5, 0.6) is 0 Å². The third kappa shape index (κ3) is 2.83. The van der Waals surface area contributed by atoms with Crippen molar-refractivity contribution in [3.63, 3.8) is 0 Å². The van der Waals surface area contributed by atoms with Crippen LogP contribution >= 0.6 is 0 Å². The zero-order chi connectivity index (χ0) is 13.4. The van der Waals surface area contributed by atoms with Gasteiger partial charge in [-0.3, -0.25) is 0 Å². The number of hydrogen-bond acceptors (Lipinski definition) is 1. The van der Waals surface area contributed by atoms with Gasteiger partial charge in [0, 0.05) is 5.56 Å². The summed E-state index contributed by atoms with van der Waals surface area (Å²) in [6.07, 6.45) is 0. The van der Waals surface area contributed by atoms with Crippen LogP contribution in [0, 0.1) is 13.8 Å². The molecule has 0 aliphatic heterocycles. The van der Waals surface area contributed by atoms with Crippen molar-refractivity contribution in [1.82, 2.24) is 0 Å². The molecular formula is C14H21F2N. The lowest BCUT2D eigenvalue weighted by Gasteiger charge is -2.25. The first-order valence-corrected chi connectivity index (χ1v) is 5.79. The van der Waals surface area contributed by atoms with E-state index in [1.54, 1.807) is 13.8 Å². The highest BCUT2D eigenvalue weighted by Gasteiger charge is 2.33. The second-order valence-electron chi connectivity index (χ2n) is 5.64. The van der Waals surface area contributed by atoms with Gasteiger partial charge in [-0.05, 0) is 36.0 Å². The van der Waals surface area contributed by atoms with Crippen molar-refractivity contribution in [2.24, 2.45) is 5.73 Å². The number of aryl methyl sites for hydroxylation is 2. The lowest BCUT2D eigenvalue weighted by Crippen LogP contribution is -2.27. The molecule has 0 saturated heterocycles. The molecule has 96 valence electrons. The summed E-state index contributed by atoms with van der Waals surface area (Å²) in [5.74, 6) is -2.94. The van der Waals surface area contributed by atoms with Crippen LogP contribution in [-0.4, -0.2) is 6.54 Å². The minimum Gasteiger partial charge on any atom is -0.325 e. The fourth-order valence-corrected chi connectivity index (χ4v) is 2.08. The Morgan fingerprint density at radius 3 is 1.76 bits per heavy atom. The van der Waals surface area contributed by atoms with E-state index in [9.17, 15) is 8.78 Å². The number of alkyl halides is 2. The summed E-state index contributed by atoms with van der Waals surface area (Å²) in [5.41, 5.74) is 7.50. The highest BCUT2D eigenvalue weighted by molar-refractivity contribution is 5.43. The van der Waals surface area contributed by atoms with Gasteiger partial charge >= 0.3 is 0 Å².